The van der Waals surface area contributed by atoms with E-state index in [4.69, 9.17) is 25.8 Å². The Morgan fingerprint density at radius 3 is 2.25 bits per heavy atom. The maximum Gasteiger partial charge on any atom is 0.277 e. The van der Waals surface area contributed by atoms with Crippen LogP contribution in [0, 0.1) is 0 Å². The number of hydrogen-bond donors (Lipinski definition) is 0. The minimum absolute atomic E-state index is 0.107. The summed E-state index contributed by atoms with van der Waals surface area (Å²) in [6.45, 7) is 4.58. The average molecular weight is 402 g/mol. The van der Waals surface area contributed by atoms with Gasteiger partial charge in [-0.25, -0.2) is 4.90 Å². The van der Waals surface area contributed by atoms with Crippen molar-refractivity contribution < 1.29 is 23.8 Å². The van der Waals surface area contributed by atoms with Crippen molar-refractivity contribution in [2.24, 2.45) is 0 Å². The van der Waals surface area contributed by atoms with Crippen molar-refractivity contribution in [3.05, 3.63) is 53.1 Å². The molecule has 1 aliphatic rings. The van der Waals surface area contributed by atoms with Gasteiger partial charge in [0, 0.05) is 11.6 Å². The number of hydrogen-bond acceptors (Lipinski definition) is 5. The van der Waals surface area contributed by atoms with Gasteiger partial charge >= 0.3 is 0 Å². The number of methoxy groups -OCH3 is 1. The van der Waals surface area contributed by atoms with E-state index in [1.807, 2.05) is 13.8 Å². The average Bonchev–Trinajstić information content (AvgIpc) is 2.92. The molecule has 2 aromatic rings. The fourth-order valence-electron chi connectivity index (χ4n) is 3.00. The van der Waals surface area contributed by atoms with Crippen molar-refractivity contribution in [3.8, 4) is 17.2 Å². The number of anilines is 1. The zero-order chi connectivity index (χ0) is 20.3. The van der Waals surface area contributed by atoms with Crippen molar-refractivity contribution in [2.45, 2.75) is 13.8 Å². The molecule has 0 radical (unpaired) electrons. The van der Waals surface area contributed by atoms with E-state index in [9.17, 15) is 9.59 Å². The largest absolute Gasteiger partial charge is 0.496 e. The number of ether oxygens (including phenoxy) is 3. The predicted molar refractivity (Wildman–Crippen MR) is 107 cm³/mol. The molecule has 6 nitrogen and oxygen atoms in total. The summed E-state index contributed by atoms with van der Waals surface area (Å²) in [5, 5.41) is -0.152. The van der Waals surface area contributed by atoms with E-state index in [-0.39, 0.29) is 10.6 Å². The second-order valence-electron chi connectivity index (χ2n) is 5.83. The molecule has 3 rings (SSSR count). The highest BCUT2D eigenvalue weighted by molar-refractivity contribution is 6.60. The highest BCUT2D eigenvalue weighted by atomic mass is 35.5. The molecule has 0 aromatic heterocycles. The summed E-state index contributed by atoms with van der Waals surface area (Å²) in [7, 11) is 1.49. The monoisotopic (exact) mass is 401 g/mol. The smallest absolute Gasteiger partial charge is 0.277 e. The van der Waals surface area contributed by atoms with Gasteiger partial charge in [0.2, 0.25) is 0 Å². The molecule has 1 heterocycles. The molecule has 2 amide bonds. The highest BCUT2D eigenvalue weighted by Crippen LogP contribution is 2.40. The lowest BCUT2D eigenvalue weighted by atomic mass is 10.0. The summed E-state index contributed by atoms with van der Waals surface area (Å²) >= 11 is 6.27. The summed E-state index contributed by atoms with van der Waals surface area (Å²) in [4.78, 5) is 26.9. The minimum Gasteiger partial charge on any atom is -0.496 e. The van der Waals surface area contributed by atoms with Crippen molar-refractivity contribution in [1.29, 1.82) is 0 Å². The van der Waals surface area contributed by atoms with Crippen LogP contribution in [-0.2, 0) is 9.59 Å². The number of imide groups is 1. The second-order valence-corrected chi connectivity index (χ2v) is 6.21. The lowest BCUT2D eigenvalue weighted by Crippen LogP contribution is -2.31. The number of carbonyl (C=O) groups is 2. The molecule has 0 bridgehead atoms. The van der Waals surface area contributed by atoms with Crippen LogP contribution in [0.15, 0.2) is 47.5 Å². The van der Waals surface area contributed by atoms with Gasteiger partial charge in [-0.1, -0.05) is 29.8 Å². The van der Waals surface area contributed by atoms with E-state index in [0.717, 1.165) is 4.90 Å². The summed E-state index contributed by atoms with van der Waals surface area (Å²) in [6, 6.07) is 11.8. The third kappa shape index (κ3) is 3.43. The van der Waals surface area contributed by atoms with Gasteiger partial charge in [0.25, 0.3) is 11.8 Å². The lowest BCUT2D eigenvalue weighted by molar-refractivity contribution is -0.119. The third-order valence-corrected chi connectivity index (χ3v) is 4.54. The maximum absolute atomic E-state index is 13.1. The number of nitrogens with zero attached hydrogens (tertiary/aromatic N) is 1. The van der Waals surface area contributed by atoms with Gasteiger partial charge in [0.1, 0.15) is 10.8 Å². The molecule has 0 atom stereocenters. The molecule has 0 saturated carbocycles. The van der Waals surface area contributed by atoms with Crippen LogP contribution in [0.1, 0.15) is 19.4 Å². The van der Waals surface area contributed by atoms with Crippen LogP contribution >= 0.6 is 11.6 Å². The van der Waals surface area contributed by atoms with Crippen molar-refractivity contribution in [3.63, 3.8) is 0 Å². The number of rotatable bonds is 7. The Bertz CT molecular complexity index is 954. The molecule has 0 saturated heterocycles. The van der Waals surface area contributed by atoms with Crippen LogP contribution in [0.2, 0.25) is 0 Å². The Morgan fingerprint density at radius 1 is 0.893 bits per heavy atom. The third-order valence-electron chi connectivity index (χ3n) is 4.19. The van der Waals surface area contributed by atoms with Gasteiger partial charge in [0.15, 0.2) is 11.5 Å². The Hall–Kier alpha value is -2.99. The molecule has 0 aliphatic carbocycles. The van der Waals surface area contributed by atoms with Gasteiger partial charge in [-0.05, 0) is 32.0 Å². The van der Waals surface area contributed by atoms with Gasteiger partial charge in [-0.3, -0.25) is 9.59 Å². The number of para-hydroxylation sites is 1. The first kappa shape index (κ1) is 19.8. The SMILES string of the molecule is CCOc1ccc(N2C(=O)C(Cl)=C(c3ccccc3OC)C2=O)cc1OCC. The predicted octanol–water partition coefficient (Wildman–Crippen LogP) is 4.02. The Morgan fingerprint density at radius 2 is 1.57 bits per heavy atom. The molecule has 2 aromatic carbocycles. The molecule has 0 fully saturated rings. The number of amides is 2. The van der Waals surface area contributed by atoms with Crippen LogP contribution in [0.3, 0.4) is 0 Å². The fraction of sp³-hybridized carbons (Fsp3) is 0.238. The molecule has 0 unspecified atom stereocenters. The summed E-state index contributed by atoms with van der Waals surface area (Å²) in [5.41, 5.74) is 0.924. The van der Waals surface area contributed by atoms with Gasteiger partial charge in [0.05, 0.1) is 31.6 Å². The van der Waals surface area contributed by atoms with Crippen LogP contribution < -0.4 is 19.1 Å². The standard InChI is InChI=1S/C21H20ClNO5/c1-4-27-16-11-10-13(12-17(16)28-5-2)23-20(24)18(19(22)21(23)25)14-8-6-7-9-15(14)26-3/h6-12H,4-5H2,1-3H3. The Balaban J connectivity index is 2.03. The first-order valence-electron chi connectivity index (χ1n) is 8.85. The van der Waals surface area contributed by atoms with Crippen LogP contribution in [0.4, 0.5) is 5.69 Å². The van der Waals surface area contributed by atoms with Crippen LogP contribution in [0.5, 0.6) is 17.2 Å². The Kier molecular flexibility index (Phi) is 5.90. The van der Waals surface area contributed by atoms with E-state index in [1.54, 1.807) is 42.5 Å². The molecule has 0 N–H and O–H groups in total. The van der Waals surface area contributed by atoms with E-state index in [1.165, 1.54) is 7.11 Å². The molecular formula is C21H20ClNO5. The van der Waals surface area contributed by atoms with E-state index in [2.05, 4.69) is 0 Å². The first-order valence-corrected chi connectivity index (χ1v) is 9.22. The van der Waals surface area contributed by atoms with Crippen LogP contribution in [0.25, 0.3) is 5.57 Å². The van der Waals surface area contributed by atoms with Crippen molar-refractivity contribution >= 4 is 34.7 Å². The molecule has 0 spiro atoms. The summed E-state index contributed by atoms with van der Waals surface area (Å²) < 4.78 is 16.4. The van der Waals surface area contributed by atoms with Gasteiger partial charge < -0.3 is 14.2 Å². The zero-order valence-corrected chi connectivity index (χ0v) is 16.6. The van der Waals surface area contributed by atoms with E-state index < -0.39 is 11.8 Å². The quantitative estimate of drug-likeness (QED) is 0.656. The molecular weight excluding hydrogens is 382 g/mol. The number of carbonyl (C=O) groups excluding carboxylic acids is 2. The summed E-state index contributed by atoms with van der Waals surface area (Å²) in [6.07, 6.45) is 0. The van der Waals surface area contributed by atoms with E-state index in [0.29, 0.717) is 41.7 Å². The van der Waals surface area contributed by atoms with Crippen molar-refractivity contribution in [2.75, 3.05) is 25.2 Å². The normalized spacial score (nSPS) is 13.9. The summed E-state index contributed by atoms with van der Waals surface area (Å²) in [5.74, 6) is 0.325. The molecule has 7 heteroatoms. The Labute approximate surface area is 168 Å². The molecule has 1 aliphatic heterocycles. The first-order chi connectivity index (χ1) is 13.5. The highest BCUT2D eigenvalue weighted by Gasteiger charge is 2.40. The molecule has 146 valence electrons. The van der Waals surface area contributed by atoms with Gasteiger partial charge in [-0.2, -0.15) is 0 Å². The zero-order valence-electron chi connectivity index (χ0n) is 15.8. The fourth-order valence-corrected chi connectivity index (χ4v) is 3.27. The molecule has 28 heavy (non-hydrogen) atoms. The number of halogens is 1. The number of benzene rings is 2. The van der Waals surface area contributed by atoms with Gasteiger partial charge in [-0.15, -0.1) is 0 Å². The minimum atomic E-state index is -0.598. The topological polar surface area (TPSA) is 65.1 Å². The van der Waals surface area contributed by atoms with Crippen molar-refractivity contribution in [1.82, 2.24) is 0 Å². The van der Waals surface area contributed by atoms with E-state index >= 15 is 0 Å². The maximum atomic E-state index is 13.1. The second kappa shape index (κ2) is 8.35. The van der Waals surface area contributed by atoms with Crippen LogP contribution in [-0.4, -0.2) is 32.1 Å². The lowest BCUT2D eigenvalue weighted by Gasteiger charge is -2.18.